The Morgan fingerprint density at radius 2 is 1.92 bits per heavy atom. The molecule has 7 heteroatoms. The van der Waals surface area contributed by atoms with Crippen molar-refractivity contribution in [2.24, 2.45) is 0 Å². The van der Waals surface area contributed by atoms with Crippen molar-refractivity contribution in [3.8, 4) is 0 Å². The number of carboxylic acids is 1. The molecule has 0 aliphatic carbocycles. The highest BCUT2D eigenvalue weighted by Gasteiger charge is 2.22. The van der Waals surface area contributed by atoms with Gasteiger partial charge in [-0.15, -0.1) is 0 Å². The van der Waals surface area contributed by atoms with Gasteiger partial charge in [-0.3, -0.25) is 4.79 Å². The van der Waals surface area contributed by atoms with E-state index in [4.69, 9.17) is 4.74 Å². The van der Waals surface area contributed by atoms with E-state index in [1.54, 1.807) is 0 Å². The summed E-state index contributed by atoms with van der Waals surface area (Å²) in [6, 6.07) is 12.2. The van der Waals surface area contributed by atoms with Crippen molar-refractivity contribution in [2.75, 3.05) is 6.61 Å². The van der Waals surface area contributed by atoms with E-state index in [-0.39, 0.29) is 18.6 Å². The van der Waals surface area contributed by atoms with Crippen molar-refractivity contribution >= 4 is 27.8 Å². The molecule has 0 bridgehead atoms. The SMILES string of the molecule is O=C(NC(CCOCc1ccccc1)C(=O)O)c1ccc(Br)cc1F. The Labute approximate surface area is 152 Å². The van der Waals surface area contributed by atoms with Crippen LogP contribution in [0.1, 0.15) is 22.3 Å². The zero-order chi connectivity index (χ0) is 18.2. The third-order valence-electron chi connectivity index (χ3n) is 3.44. The van der Waals surface area contributed by atoms with Crippen molar-refractivity contribution in [3.05, 3.63) is 69.9 Å². The second-order valence-corrected chi connectivity index (χ2v) is 6.23. The Balaban J connectivity index is 1.87. The van der Waals surface area contributed by atoms with E-state index in [2.05, 4.69) is 21.2 Å². The summed E-state index contributed by atoms with van der Waals surface area (Å²) < 4.78 is 19.7. The lowest BCUT2D eigenvalue weighted by atomic mass is 10.1. The van der Waals surface area contributed by atoms with Gasteiger partial charge in [0, 0.05) is 17.5 Å². The molecule has 0 fully saturated rings. The molecule has 0 aliphatic heterocycles. The largest absolute Gasteiger partial charge is 0.480 e. The summed E-state index contributed by atoms with van der Waals surface area (Å²) >= 11 is 3.10. The minimum atomic E-state index is -1.20. The Morgan fingerprint density at radius 3 is 2.56 bits per heavy atom. The molecular weight excluding hydrogens is 393 g/mol. The predicted octanol–water partition coefficient (Wildman–Crippen LogP) is 3.38. The van der Waals surface area contributed by atoms with Crippen LogP contribution >= 0.6 is 15.9 Å². The number of halogens is 2. The molecule has 25 heavy (non-hydrogen) atoms. The molecule has 0 heterocycles. The lowest BCUT2D eigenvalue weighted by molar-refractivity contribution is -0.139. The van der Waals surface area contributed by atoms with Gasteiger partial charge in [0.2, 0.25) is 0 Å². The highest BCUT2D eigenvalue weighted by atomic mass is 79.9. The molecule has 1 atom stereocenters. The van der Waals surface area contributed by atoms with Crippen LogP contribution in [-0.4, -0.2) is 29.6 Å². The van der Waals surface area contributed by atoms with Crippen molar-refractivity contribution in [3.63, 3.8) is 0 Å². The van der Waals surface area contributed by atoms with Crippen molar-refractivity contribution in [1.82, 2.24) is 5.32 Å². The van der Waals surface area contributed by atoms with E-state index in [1.165, 1.54) is 12.1 Å². The molecule has 0 radical (unpaired) electrons. The van der Waals surface area contributed by atoms with Crippen LogP contribution in [0.4, 0.5) is 4.39 Å². The highest BCUT2D eigenvalue weighted by Crippen LogP contribution is 2.15. The molecule has 2 N–H and O–H groups in total. The van der Waals surface area contributed by atoms with Crippen LogP contribution in [-0.2, 0) is 16.1 Å². The summed E-state index contributed by atoms with van der Waals surface area (Å²) in [4.78, 5) is 23.4. The first-order valence-electron chi connectivity index (χ1n) is 7.58. The minimum absolute atomic E-state index is 0.0755. The van der Waals surface area contributed by atoms with Crippen LogP contribution in [0.25, 0.3) is 0 Å². The number of carbonyl (C=O) groups excluding carboxylic acids is 1. The number of hydrogen-bond donors (Lipinski definition) is 2. The molecular formula is C18H17BrFNO4. The number of aliphatic carboxylic acids is 1. The number of rotatable bonds is 8. The molecule has 0 aliphatic rings. The second-order valence-electron chi connectivity index (χ2n) is 5.32. The Morgan fingerprint density at radius 1 is 1.20 bits per heavy atom. The van der Waals surface area contributed by atoms with Crippen LogP contribution in [0.3, 0.4) is 0 Å². The fourth-order valence-electron chi connectivity index (χ4n) is 2.13. The van der Waals surface area contributed by atoms with Gasteiger partial charge in [-0.1, -0.05) is 46.3 Å². The van der Waals surface area contributed by atoms with E-state index in [0.29, 0.717) is 11.1 Å². The van der Waals surface area contributed by atoms with Gasteiger partial charge in [-0.2, -0.15) is 0 Å². The summed E-state index contributed by atoms with van der Waals surface area (Å²) in [6.45, 7) is 0.497. The summed E-state index contributed by atoms with van der Waals surface area (Å²) in [7, 11) is 0. The first kappa shape index (κ1) is 19.1. The first-order chi connectivity index (χ1) is 12.0. The van der Waals surface area contributed by atoms with Crippen molar-refractivity contribution < 1.29 is 23.8 Å². The van der Waals surface area contributed by atoms with Gasteiger partial charge in [-0.25, -0.2) is 9.18 Å². The maximum atomic E-state index is 13.8. The summed E-state index contributed by atoms with van der Waals surface area (Å²) in [5.74, 6) is -2.70. The fourth-order valence-corrected chi connectivity index (χ4v) is 2.47. The normalized spacial score (nSPS) is 11.8. The number of benzene rings is 2. The van der Waals surface area contributed by atoms with Gasteiger partial charge in [0.15, 0.2) is 0 Å². The maximum absolute atomic E-state index is 13.8. The molecule has 0 spiro atoms. The third kappa shape index (κ3) is 5.95. The van der Waals surface area contributed by atoms with E-state index < -0.39 is 23.7 Å². The van der Waals surface area contributed by atoms with Crippen molar-refractivity contribution in [2.45, 2.75) is 19.1 Å². The number of hydrogen-bond acceptors (Lipinski definition) is 3. The average molecular weight is 410 g/mol. The number of ether oxygens (including phenoxy) is 1. The quantitative estimate of drug-likeness (QED) is 0.655. The third-order valence-corrected chi connectivity index (χ3v) is 3.93. The van der Waals surface area contributed by atoms with Crippen LogP contribution in [0.15, 0.2) is 53.0 Å². The van der Waals surface area contributed by atoms with Gasteiger partial charge in [-0.05, 0) is 23.8 Å². The Hall–Kier alpha value is -2.25. The van der Waals surface area contributed by atoms with Gasteiger partial charge >= 0.3 is 5.97 Å². The lowest BCUT2D eigenvalue weighted by Crippen LogP contribution is -2.41. The molecule has 1 unspecified atom stereocenters. The van der Waals surface area contributed by atoms with Gasteiger partial charge in [0.1, 0.15) is 11.9 Å². The molecule has 132 valence electrons. The maximum Gasteiger partial charge on any atom is 0.326 e. The molecule has 2 aromatic carbocycles. The second kappa shape index (κ2) is 9.29. The Bertz CT molecular complexity index is 739. The van der Waals surface area contributed by atoms with E-state index >= 15 is 0 Å². The van der Waals surface area contributed by atoms with E-state index in [0.717, 1.165) is 11.6 Å². The average Bonchev–Trinajstić information content (AvgIpc) is 2.58. The number of nitrogens with one attached hydrogen (secondary N) is 1. The smallest absolute Gasteiger partial charge is 0.326 e. The Kier molecular flexibility index (Phi) is 7.09. The van der Waals surface area contributed by atoms with Crippen molar-refractivity contribution in [1.29, 1.82) is 0 Å². The molecule has 0 saturated heterocycles. The van der Waals surface area contributed by atoms with E-state index in [1.807, 2.05) is 30.3 Å². The van der Waals surface area contributed by atoms with Gasteiger partial charge < -0.3 is 15.2 Å². The predicted molar refractivity (Wildman–Crippen MR) is 93.7 cm³/mol. The van der Waals surface area contributed by atoms with Crippen LogP contribution in [0.5, 0.6) is 0 Å². The number of carboxylic acid groups (broad SMARTS) is 1. The molecule has 0 aromatic heterocycles. The molecule has 0 saturated carbocycles. The molecule has 5 nitrogen and oxygen atoms in total. The lowest BCUT2D eigenvalue weighted by Gasteiger charge is -2.15. The monoisotopic (exact) mass is 409 g/mol. The zero-order valence-electron chi connectivity index (χ0n) is 13.2. The molecule has 1 amide bonds. The summed E-state index contributed by atoms with van der Waals surface area (Å²) in [5.41, 5.74) is 0.759. The molecule has 2 aromatic rings. The molecule has 2 rings (SSSR count). The topological polar surface area (TPSA) is 75.6 Å². The van der Waals surface area contributed by atoms with Gasteiger partial charge in [0.05, 0.1) is 12.2 Å². The zero-order valence-corrected chi connectivity index (χ0v) is 14.8. The van der Waals surface area contributed by atoms with Gasteiger partial charge in [0.25, 0.3) is 5.91 Å². The standard InChI is InChI=1S/C18H17BrFNO4/c19-13-6-7-14(15(20)10-13)17(22)21-16(18(23)24)8-9-25-11-12-4-2-1-3-5-12/h1-7,10,16H,8-9,11H2,(H,21,22)(H,23,24). The summed E-state index contributed by atoms with van der Waals surface area (Å²) in [5, 5.41) is 11.5. The number of carbonyl (C=O) groups is 2. The summed E-state index contributed by atoms with van der Waals surface area (Å²) in [6.07, 6.45) is 0.0755. The van der Waals surface area contributed by atoms with Crippen LogP contribution in [0.2, 0.25) is 0 Å². The number of amides is 1. The van der Waals surface area contributed by atoms with Crippen LogP contribution < -0.4 is 5.32 Å². The van der Waals surface area contributed by atoms with E-state index in [9.17, 15) is 19.1 Å². The fraction of sp³-hybridized carbons (Fsp3) is 0.222. The first-order valence-corrected chi connectivity index (χ1v) is 8.37. The van der Waals surface area contributed by atoms with Crippen LogP contribution in [0, 0.1) is 5.82 Å². The highest BCUT2D eigenvalue weighted by molar-refractivity contribution is 9.10. The minimum Gasteiger partial charge on any atom is -0.480 e.